The van der Waals surface area contributed by atoms with Crippen LogP contribution in [-0.4, -0.2) is 49.6 Å². The van der Waals surface area contributed by atoms with Gasteiger partial charge in [-0.05, 0) is 42.0 Å². The van der Waals surface area contributed by atoms with Gasteiger partial charge in [0, 0.05) is 12.1 Å². The molecule has 0 spiro atoms. The van der Waals surface area contributed by atoms with Gasteiger partial charge in [-0.3, -0.25) is 4.90 Å². The molecule has 0 radical (unpaired) electrons. The van der Waals surface area contributed by atoms with E-state index in [-0.39, 0.29) is 17.6 Å². The molecule has 7 rings (SSSR count). The fourth-order valence-corrected chi connectivity index (χ4v) is 4.80. The molecule has 4 heterocycles. The molecule has 1 aromatic heterocycles. The fourth-order valence-electron chi connectivity index (χ4n) is 4.80. The Kier molecular flexibility index (Phi) is 5.54. The Morgan fingerprint density at radius 1 is 0.513 bits per heavy atom. The van der Waals surface area contributed by atoms with Crippen LogP contribution < -0.4 is 44.8 Å². The first-order valence-corrected chi connectivity index (χ1v) is 12.6. The second-order valence-corrected chi connectivity index (χ2v) is 9.02. The van der Waals surface area contributed by atoms with Crippen LogP contribution in [0.2, 0.25) is 0 Å². The Balaban J connectivity index is 1.34. The van der Waals surface area contributed by atoms with Gasteiger partial charge in [0.05, 0.1) is 16.9 Å². The van der Waals surface area contributed by atoms with Crippen molar-refractivity contribution in [1.82, 2.24) is 9.97 Å². The highest BCUT2D eigenvalue weighted by atomic mass is 16.6. The smallest absolute Gasteiger partial charge is 0.238 e. The van der Waals surface area contributed by atoms with E-state index in [0.29, 0.717) is 79.7 Å². The van der Waals surface area contributed by atoms with Crippen molar-refractivity contribution in [2.45, 2.75) is 0 Å². The number of fused-ring (bicyclic) bond motifs is 3. The highest BCUT2D eigenvalue weighted by molar-refractivity contribution is 5.86. The molecule has 39 heavy (non-hydrogen) atoms. The summed E-state index contributed by atoms with van der Waals surface area (Å²) in [6.45, 7) is 2.88. The number of nitrogens with two attached hydrogens (primary N) is 2. The number of hydrogen-bond acceptors (Lipinski definition) is 11. The summed E-state index contributed by atoms with van der Waals surface area (Å²) in [4.78, 5) is 11.2. The van der Waals surface area contributed by atoms with Gasteiger partial charge in [-0.15, -0.1) is 0 Å². The Labute approximate surface area is 223 Å². The molecule has 0 unspecified atom stereocenters. The number of nitrogen functional groups attached to an aromatic ring is 2. The minimum absolute atomic E-state index is 0.217. The molecule has 11 nitrogen and oxygen atoms in total. The Bertz CT molecular complexity index is 1500. The van der Waals surface area contributed by atoms with E-state index in [1.54, 1.807) is 0 Å². The first-order valence-electron chi connectivity index (χ1n) is 12.6. The van der Waals surface area contributed by atoms with Crippen LogP contribution in [0.15, 0.2) is 54.6 Å². The number of benzene rings is 3. The molecular weight excluding hydrogens is 502 g/mol. The lowest BCUT2D eigenvalue weighted by Gasteiger charge is -2.27. The van der Waals surface area contributed by atoms with Crippen LogP contribution in [0.4, 0.5) is 29.0 Å². The molecule has 11 heteroatoms. The molecule has 0 fully saturated rings. The summed E-state index contributed by atoms with van der Waals surface area (Å²) in [6.07, 6.45) is 0. The SMILES string of the molecule is Nc1nc(N(c2ccc3c(c2)OCCO3)c2ccc3c(c2)OCCO3)nc(N)c1-c1ccc2c(c1)OCCO2. The Hall–Kier alpha value is -5.06. The molecule has 4 N–H and O–H groups in total. The fraction of sp³-hybridized carbons (Fsp3) is 0.214. The maximum atomic E-state index is 6.53. The van der Waals surface area contributed by atoms with E-state index in [1.807, 2.05) is 59.5 Å². The molecule has 0 aliphatic carbocycles. The van der Waals surface area contributed by atoms with Gasteiger partial charge in [-0.1, -0.05) is 6.07 Å². The van der Waals surface area contributed by atoms with E-state index in [4.69, 9.17) is 49.9 Å². The van der Waals surface area contributed by atoms with Crippen molar-refractivity contribution in [3.63, 3.8) is 0 Å². The van der Waals surface area contributed by atoms with Gasteiger partial charge in [0.15, 0.2) is 34.5 Å². The minimum atomic E-state index is 0.217. The molecular formula is C28H25N5O6. The van der Waals surface area contributed by atoms with Gasteiger partial charge in [0.2, 0.25) is 5.95 Å². The lowest BCUT2D eigenvalue weighted by molar-refractivity contribution is 0.171. The number of anilines is 5. The van der Waals surface area contributed by atoms with Gasteiger partial charge in [0.1, 0.15) is 51.3 Å². The number of ether oxygens (including phenoxy) is 6. The molecule has 0 bridgehead atoms. The molecule has 3 aliphatic heterocycles. The van der Waals surface area contributed by atoms with Gasteiger partial charge < -0.3 is 39.9 Å². The highest BCUT2D eigenvalue weighted by Crippen LogP contribution is 2.44. The average molecular weight is 528 g/mol. The zero-order chi connectivity index (χ0) is 26.3. The number of hydrogen-bond donors (Lipinski definition) is 2. The van der Waals surface area contributed by atoms with E-state index >= 15 is 0 Å². The zero-order valence-corrected chi connectivity index (χ0v) is 20.9. The summed E-state index contributed by atoms with van der Waals surface area (Å²) in [6, 6.07) is 16.8. The van der Waals surface area contributed by atoms with Crippen molar-refractivity contribution in [2.75, 3.05) is 56.0 Å². The van der Waals surface area contributed by atoms with Gasteiger partial charge in [0.25, 0.3) is 0 Å². The summed E-state index contributed by atoms with van der Waals surface area (Å²) < 4.78 is 34.5. The molecule has 3 aromatic carbocycles. The number of rotatable bonds is 4. The summed E-state index contributed by atoms with van der Waals surface area (Å²) in [5.74, 6) is 4.58. The van der Waals surface area contributed by atoms with Gasteiger partial charge >= 0.3 is 0 Å². The van der Waals surface area contributed by atoms with Crippen molar-refractivity contribution >= 4 is 29.0 Å². The molecule has 198 valence electrons. The quantitative estimate of drug-likeness (QED) is 0.397. The summed E-state index contributed by atoms with van der Waals surface area (Å²) in [7, 11) is 0. The lowest BCUT2D eigenvalue weighted by Crippen LogP contribution is -2.19. The van der Waals surface area contributed by atoms with Gasteiger partial charge in [-0.2, -0.15) is 9.97 Å². The van der Waals surface area contributed by atoms with Crippen LogP contribution in [0, 0.1) is 0 Å². The van der Waals surface area contributed by atoms with E-state index in [1.165, 1.54) is 0 Å². The molecule has 0 atom stereocenters. The van der Waals surface area contributed by atoms with Crippen LogP contribution >= 0.6 is 0 Å². The predicted octanol–water partition coefficient (Wildman–Crippen LogP) is 4.09. The summed E-state index contributed by atoms with van der Waals surface area (Å²) in [5.41, 5.74) is 15.7. The van der Waals surface area contributed by atoms with Crippen LogP contribution in [0.5, 0.6) is 34.5 Å². The van der Waals surface area contributed by atoms with E-state index < -0.39 is 0 Å². The highest BCUT2D eigenvalue weighted by Gasteiger charge is 2.25. The van der Waals surface area contributed by atoms with Crippen molar-refractivity contribution in [1.29, 1.82) is 0 Å². The van der Waals surface area contributed by atoms with E-state index in [0.717, 1.165) is 16.9 Å². The third-order valence-electron chi connectivity index (χ3n) is 6.55. The van der Waals surface area contributed by atoms with E-state index in [2.05, 4.69) is 0 Å². The first kappa shape index (κ1) is 23.1. The lowest BCUT2D eigenvalue weighted by atomic mass is 10.1. The topological polar surface area (TPSA) is 136 Å². The molecule has 0 amide bonds. The second kappa shape index (κ2) is 9.35. The normalized spacial score (nSPS) is 15.0. The van der Waals surface area contributed by atoms with Crippen LogP contribution in [0.25, 0.3) is 11.1 Å². The standard InChI is InChI=1S/C28H25N5O6/c29-26-25(16-1-4-19-22(13-16)37-10-7-34-19)27(30)32-28(31-26)33(17-2-5-20-23(14-17)38-11-8-35-20)18-3-6-21-24(15-18)39-12-9-36-21/h1-6,13-15H,7-12H2,(H4,29,30,31,32). The maximum absolute atomic E-state index is 6.53. The maximum Gasteiger partial charge on any atom is 0.238 e. The Morgan fingerprint density at radius 3 is 1.41 bits per heavy atom. The molecule has 0 saturated heterocycles. The summed E-state index contributed by atoms with van der Waals surface area (Å²) in [5, 5.41) is 0. The van der Waals surface area contributed by atoms with E-state index in [9.17, 15) is 0 Å². The molecule has 4 aromatic rings. The van der Waals surface area contributed by atoms with Crippen molar-refractivity contribution in [3.8, 4) is 45.6 Å². The zero-order valence-electron chi connectivity index (χ0n) is 20.9. The minimum Gasteiger partial charge on any atom is -0.486 e. The van der Waals surface area contributed by atoms with Crippen molar-refractivity contribution < 1.29 is 28.4 Å². The average Bonchev–Trinajstić information content (AvgIpc) is 2.97. The Morgan fingerprint density at radius 2 is 0.923 bits per heavy atom. The van der Waals surface area contributed by atoms with Gasteiger partial charge in [-0.25, -0.2) is 0 Å². The van der Waals surface area contributed by atoms with Crippen molar-refractivity contribution in [2.24, 2.45) is 0 Å². The van der Waals surface area contributed by atoms with Crippen molar-refractivity contribution in [3.05, 3.63) is 54.6 Å². The van der Waals surface area contributed by atoms with Crippen LogP contribution in [-0.2, 0) is 0 Å². The number of nitrogens with zero attached hydrogens (tertiary/aromatic N) is 3. The summed E-state index contributed by atoms with van der Waals surface area (Å²) >= 11 is 0. The largest absolute Gasteiger partial charge is 0.486 e. The molecule has 3 aliphatic rings. The number of aromatic nitrogens is 2. The first-order chi connectivity index (χ1) is 19.1. The van der Waals surface area contributed by atoms with Crippen LogP contribution in [0.3, 0.4) is 0 Å². The predicted molar refractivity (Wildman–Crippen MR) is 144 cm³/mol. The third-order valence-corrected chi connectivity index (χ3v) is 6.55. The van der Waals surface area contributed by atoms with Crippen LogP contribution in [0.1, 0.15) is 0 Å². The third kappa shape index (κ3) is 4.17. The molecule has 0 saturated carbocycles. The second-order valence-electron chi connectivity index (χ2n) is 9.02. The monoisotopic (exact) mass is 527 g/mol.